The van der Waals surface area contributed by atoms with Crippen LogP contribution in [0.2, 0.25) is 0 Å². The summed E-state index contributed by atoms with van der Waals surface area (Å²) in [5.74, 6) is -1.18. The van der Waals surface area contributed by atoms with Gasteiger partial charge in [0.2, 0.25) is 4.75 Å². The molecule has 4 aromatic rings. The number of carbonyl (C=O) groups excluding carboxylic acids is 3. The summed E-state index contributed by atoms with van der Waals surface area (Å²) in [6.45, 7) is 0.0983. The van der Waals surface area contributed by atoms with E-state index < -0.39 is 21.9 Å². The average molecular weight is 516 g/mol. The molecule has 1 heterocycles. The summed E-state index contributed by atoms with van der Waals surface area (Å²) >= 11 is 0.648. The Morgan fingerprint density at radius 3 is 2.32 bits per heavy atom. The Morgan fingerprint density at radius 2 is 1.57 bits per heavy atom. The highest BCUT2D eigenvalue weighted by atomic mass is 32.2. The maximum Gasteiger partial charge on any atom is 0.333 e. The van der Waals surface area contributed by atoms with Crippen molar-refractivity contribution in [3.05, 3.63) is 114 Å². The van der Waals surface area contributed by atoms with E-state index in [2.05, 4.69) is 5.32 Å². The van der Waals surface area contributed by atoms with Gasteiger partial charge in [-0.15, -0.1) is 0 Å². The zero-order chi connectivity index (χ0) is 25.8. The summed E-state index contributed by atoms with van der Waals surface area (Å²) in [6.07, 6.45) is -0.00958. The van der Waals surface area contributed by atoms with Gasteiger partial charge in [0.15, 0.2) is 0 Å². The Hall–Kier alpha value is -4.17. The van der Waals surface area contributed by atoms with Gasteiger partial charge in [-0.05, 0) is 51.9 Å². The van der Waals surface area contributed by atoms with Crippen LogP contribution in [-0.2, 0) is 34.0 Å². The standard InChI is InChI=1S/C29H22FNO5S/c30-25-9-5-4-8-23(25)18-35-24-13-12-21-14-20(10-11-22(21)15-24)16-29(26(32)31-28(34)37-29)27(33)36-17-19-6-2-1-3-7-19/h1-15H,16-18H2,(H,31,32,34). The monoisotopic (exact) mass is 515 g/mol. The van der Waals surface area contributed by atoms with E-state index in [0.29, 0.717) is 28.6 Å². The van der Waals surface area contributed by atoms with Crippen LogP contribution in [0.25, 0.3) is 10.8 Å². The van der Waals surface area contributed by atoms with Gasteiger partial charge < -0.3 is 9.47 Å². The Bertz CT molecular complexity index is 1490. The van der Waals surface area contributed by atoms with Crippen LogP contribution in [-0.4, -0.2) is 21.9 Å². The number of hydrogen-bond acceptors (Lipinski definition) is 6. The van der Waals surface area contributed by atoms with Crippen LogP contribution in [0, 0.1) is 5.82 Å². The summed E-state index contributed by atoms with van der Waals surface area (Å²) in [4.78, 5) is 38.0. The first-order valence-corrected chi connectivity index (χ1v) is 12.4. The fraction of sp³-hybridized carbons (Fsp3) is 0.138. The number of amides is 2. The maximum atomic E-state index is 13.9. The summed E-state index contributed by atoms with van der Waals surface area (Å²) in [7, 11) is 0. The predicted molar refractivity (Wildman–Crippen MR) is 138 cm³/mol. The number of rotatable bonds is 8. The number of fused-ring (bicyclic) bond motifs is 1. The average Bonchev–Trinajstić information content (AvgIpc) is 3.20. The van der Waals surface area contributed by atoms with Crippen LogP contribution >= 0.6 is 11.8 Å². The Kier molecular flexibility index (Phi) is 6.92. The molecule has 0 saturated carbocycles. The van der Waals surface area contributed by atoms with Crippen molar-refractivity contribution in [1.29, 1.82) is 0 Å². The van der Waals surface area contributed by atoms with Crippen molar-refractivity contribution >= 4 is 39.7 Å². The van der Waals surface area contributed by atoms with Crippen molar-refractivity contribution in [3.8, 4) is 5.75 Å². The van der Waals surface area contributed by atoms with E-state index in [1.54, 1.807) is 30.3 Å². The third kappa shape index (κ3) is 5.34. The molecule has 5 rings (SSSR count). The van der Waals surface area contributed by atoms with Gasteiger partial charge in [-0.1, -0.05) is 72.8 Å². The lowest BCUT2D eigenvalue weighted by Gasteiger charge is -2.22. The lowest BCUT2D eigenvalue weighted by atomic mass is 9.95. The second-order valence-corrected chi connectivity index (χ2v) is 9.90. The topological polar surface area (TPSA) is 81.7 Å². The Labute approximate surface area is 216 Å². The molecule has 1 aliphatic heterocycles. The molecule has 1 fully saturated rings. The first-order valence-electron chi connectivity index (χ1n) is 11.6. The molecule has 0 aromatic heterocycles. The zero-order valence-electron chi connectivity index (χ0n) is 19.6. The molecule has 0 radical (unpaired) electrons. The van der Waals surface area contributed by atoms with Crippen molar-refractivity contribution in [2.75, 3.05) is 0 Å². The third-order valence-electron chi connectivity index (χ3n) is 6.07. The predicted octanol–water partition coefficient (Wildman–Crippen LogP) is 5.57. The number of halogens is 1. The van der Waals surface area contributed by atoms with Gasteiger partial charge in [-0.25, -0.2) is 9.18 Å². The Balaban J connectivity index is 1.33. The number of hydrogen-bond donors (Lipinski definition) is 1. The highest BCUT2D eigenvalue weighted by molar-refractivity contribution is 8.16. The minimum Gasteiger partial charge on any atom is -0.489 e. The quantitative estimate of drug-likeness (QED) is 0.244. The highest BCUT2D eigenvalue weighted by Crippen LogP contribution is 2.37. The van der Waals surface area contributed by atoms with Gasteiger partial charge in [0.25, 0.3) is 11.1 Å². The number of nitrogens with one attached hydrogen (secondary N) is 1. The third-order valence-corrected chi connectivity index (χ3v) is 7.21. The molecule has 1 unspecified atom stereocenters. The van der Waals surface area contributed by atoms with Crippen molar-refractivity contribution in [2.45, 2.75) is 24.4 Å². The summed E-state index contributed by atoms with van der Waals surface area (Å²) in [5, 5.41) is 3.37. The molecule has 0 aliphatic carbocycles. The molecule has 6 nitrogen and oxygen atoms in total. The van der Waals surface area contributed by atoms with Crippen LogP contribution in [0.1, 0.15) is 16.7 Å². The van der Waals surface area contributed by atoms with E-state index in [0.717, 1.165) is 16.3 Å². The SMILES string of the molecule is O=C1NC(=O)C(Cc2ccc3cc(OCc4ccccc4F)ccc3c2)(C(=O)OCc2ccccc2)S1. The number of carbonyl (C=O) groups is 3. The molecule has 186 valence electrons. The molecule has 1 atom stereocenters. The largest absolute Gasteiger partial charge is 0.489 e. The summed E-state index contributed by atoms with van der Waals surface area (Å²) < 4.78 is 23.4. The second-order valence-electron chi connectivity index (χ2n) is 8.63. The molecule has 1 aliphatic rings. The van der Waals surface area contributed by atoms with E-state index in [9.17, 15) is 18.8 Å². The van der Waals surface area contributed by atoms with Crippen molar-refractivity contribution < 1.29 is 28.2 Å². The molecular formula is C29H22FNO5S. The minimum atomic E-state index is -1.71. The molecule has 8 heteroatoms. The maximum absolute atomic E-state index is 13.9. The van der Waals surface area contributed by atoms with E-state index in [1.807, 2.05) is 54.6 Å². The van der Waals surface area contributed by atoms with Crippen LogP contribution in [0.15, 0.2) is 91.0 Å². The number of imide groups is 1. The first-order chi connectivity index (χ1) is 17.9. The zero-order valence-corrected chi connectivity index (χ0v) is 20.4. The van der Waals surface area contributed by atoms with Crippen LogP contribution < -0.4 is 10.1 Å². The summed E-state index contributed by atoms with van der Waals surface area (Å²) in [6, 6.07) is 26.5. The number of thioether (sulfide) groups is 1. The second kappa shape index (κ2) is 10.4. The molecule has 2 amide bonds. The lowest BCUT2D eigenvalue weighted by molar-refractivity contribution is -0.150. The minimum absolute atomic E-state index is 0.00314. The van der Waals surface area contributed by atoms with Crippen LogP contribution in [0.5, 0.6) is 5.75 Å². The van der Waals surface area contributed by atoms with Crippen molar-refractivity contribution in [1.82, 2.24) is 5.32 Å². The lowest BCUT2D eigenvalue weighted by Crippen LogP contribution is -2.46. The molecule has 0 bridgehead atoms. The van der Waals surface area contributed by atoms with Gasteiger partial charge in [-0.2, -0.15) is 0 Å². The highest BCUT2D eigenvalue weighted by Gasteiger charge is 2.55. The van der Waals surface area contributed by atoms with Gasteiger partial charge in [-0.3, -0.25) is 14.9 Å². The van der Waals surface area contributed by atoms with Crippen LogP contribution in [0.3, 0.4) is 0 Å². The number of ether oxygens (including phenoxy) is 2. The van der Waals surface area contributed by atoms with Crippen LogP contribution in [0.4, 0.5) is 9.18 Å². The van der Waals surface area contributed by atoms with Crippen molar-refractivity contribution in [2.24, 2.45) is 0 Å². The van der Waals surface area contributed by atoms with E-state index in [1.165, 1.54) is 6.07 Å². The fourth-order valence-corrected chi connectivity index (χ4v) is 5.11. The van der Waals surface area contributed by atoms with Crippen molar-refractivity contribution in [3.63, 3.8) is 0 Å². The summed E-state index contributed by atoms with van der Waals surface area (Å²) in [5.41, 5.74) is 1.94. The van der Waals surface area contributed by atoms with Gasteiger partial charge in [0.05, 0.1) is 0 Å². The van der Waals surface area contributed by atoms with Gasteiger partial charge in [0, 0.05) is 12.0 Å². The molecular weight excluding hydrogens is 493 g/mol. The first kappa shape index (κ1) is 24.5. The Morgan fingerprint density at radius 1 is 0.838 bits per heavy atom. The van der Waals surface area contributed by atoms with E-state index in [-0.39, 0.29) is 25.5 Å². The van der Waals surface area contributed by atoms with E-state index >= 15 is 0 Å². The molecule has 37 heavy (non-hydrogen) atoms. The number of esters is 1. The molecule has 4 aromatic carbocycles. The fourth-order valence-electron chi connectivity index (χ4n) is 4.12. The normalized spacial score (nSPS) is 17.0. The molecule has 0 spiro atoms. The number of benzene rings is 4. The molecule has 1 saturated heterocycles. The van der Waals surface area contributed by atoms with Gasteiger partial charge >= 0.3 is 5.97 Å². The smallest absolute Gasteiger partial charge is 0.333 e. The van der Waals surface area contributed by atoms with E-state index in [4.69, 9.17) is 9.47 Å². The molecule has 1 N–H and O–H groups in total. The van der Waals surface area contributed by atoms with Gasteiger partial charge in [0.1, 0.15) is 24.8 Å².